The second kappa shape index (κ2) is 7.99. The smallest absolute Gasteiger partial charge is 0.221 e. The van der Waals surface area contributed by atoms with Gasteiger partial charge in [0.15, 0.2) is 11.0 Å². The average molecular weight is 435 g/mol. The fourth-order valence-electron chi connectivity index (χ4n) is 3.28. The summed E-state index contributed by atoms with van der Waals surface area (Å²) in [5.41, 5.74) is 2.05. The van der Waals surface area contributed by atoms with Crippen molar-refractivity contribution in [2.45, 2.75) is 35.7 Å². The monoisotopic (exact) mass is 434 g/mol. The molecule has 2 aromatic heterocycles. The van der Waals surface area contributed by atoms with Crippen LogP contribution in [0.2, 0.25) is 0 Å². The first-order chi connectivity index (χ1) is 15.0. The number of halogens is 1. The Morgan fingerprint density at radius 1 is 1.16 bits per heavy atom. The van der Waals surface area contributed by atoms with E-state index in [-0.39, 0.29) is 11.4 Å². The van der Waals surface area contributed by atoms with Crippen LogP contribution in [0.4, 0.5) is 21.7 Å². The third-order valence-corrected chi connectivity index (χ3v) is 5.77. The Hall–Kier alpha value is -3.46. The van der Waals surface area contributed by atoms with Crippen molar-refractivity contribution in [2.75, 3.05) is 10.6 Å². The molecule has 4 aromatic rings. The number of rotatable bonds is 6. The minimum atomic E-state index is -0.411. The number of benzene rings is 2. The largest absolute Gasteiger partial charge is 0.326 e. The number of aromatic amines is 1. The van der Waals surface area contributed by atoms with E-state index in [1.807, 2.05) is 18.2 Å². The van der Waals surface area contributed by atoms with Crippen molar-refractivity contribution in [3.05, 3.63) is 60.0 Å². The maximum atomic E-state index is 14.5. The molecule has 31 heavy (non-hydrogen) atoms. The minimum absolute atomic E-state index is 0.132. The quantitative estimate of drug-likeness (QED) is 0.360. The van der Waals surface area contributed by atoms with Gasteiger partial charge in [-0.15, -0.1) is 0 Å². The van der Waals surface area contributed by atoms with Gasteiger partial charge in [0, 0.05) is 40.6 Å². The molecule has 9 heteroatoms. The molecule has 1 amide bonds. The molecule has 0 radical (unpaired) electrons. The van der Waals surface area contributed by atoms with E-state index in [1.165, 1.54) is 37.6 Å². The second-order valence-electron chi connectivity index (χ2n) is 7.41. The molecule has 5 rings (SSSR count). The van der Waals surface area contributed by atoms with E-state index in [4.69, 9.17) is 0 Å². The molecule has 1 aliphatic carbocycles. The van der Waals surface area contributed by atoms with Crippen molar-refractivity contribution in [3.63, 3.8) is 0 Å². The van der Waals surface area contributed by atoms with Crippen LogP contribution in [0.15, 0.2) is 58.6 Å². The summed E-state index contributed by atoms with van der Waals surface area (Å²) in [6.07, 6.45) is 2.34. The third kappa shape index (κ3) is 4.36. The molecular weight excluding hydrogens is 415 g/mol. The van der Waals surface area contributed by atoms with Crippen LogP contribution in [0.1, 0.15) is 31.4 Å². The van der Waals surface area contributed by atoms with Crippen LogP contribution in [0.5, 0.6) is 0 Å². The molecule has 1 saturated carbocycles. The average Bonchev–Trinajstić information content (AvgIpc) is 3.49. The van der Waals surface area contributed by atoms with E-state index in [0.717, 1.165) is 10.6 Å². The molecule has 156 valence electrons. The summed E-state index contributed by atoms with van der Waals surface area (Å²) in [6, 6.07) is 14.1. The Bertz CT molecular complexity index is 1270. The Morgan fingerprint density at radius 3 is 2.71 bits per heavy atom. The number of amides is 1. The van der Waals surface area contributed by atoms with Gasteiger partial charge in [-0.1, -0.05) is 6.07 Å². The van der Waals surface area contributed by atoms with Crippen LogP contribution in [-0.2, 0) is 4.79 Å². The Kier molecular flexibility index (Phi) is 5.03. The third-order valence-electron chi connectivity index (χ3n) is 4.90. The zero-order chi connectivity index (χ0) is 21.4. The van der Waals surface area contributed by atoms with Crippen molar-refractivity contribution in [2.24, 2.45) is 0 Å². The number of nitrogens with one attached hydrogen (secondary N) is 3. The fraction of sp³-hybridized carbons (Fsp3) is 0.182. The zero-order valence-electron chi connectivity index (χ0n) is 16.6. The SMILES string of the molecule is CC(=O)Nc1ccc(Sc2nc(Nc3cc(C4CC4)[nH]n3)c3cccc(F)c3n2)cc1. The van der Waals surface area contributed by atoms with Crippen LogP contribution >= 0.6 is 11.8 Å². The molecule has 0 bridgehead atoms. The molecule has 1 fully saturated rings. The van der Waals surface area contributed by atoms with E-state index in [0.29, 0.717) is 33.8 Å². The molecule has 1 aliphatic rings. The Balaban J connectivity index is 1.46. The van der Waals surface area contributed by atoms with E-state index < -0.39 is 5.82 Å². The highest BCUT2D eigenvalue weighted by atomic mass is 32.2. The first-order valence-electron chi connectivity index (χ1n) is 9.89. The molecule has 0 spiro atoms. The zero-order valence-corrected chi connectivity index (χ0v) is 17.5. The van der Waals surface area contributed by atoms with E-state index in [2.05, 4.69) is 30.8 Å². The van der Waals surface area contributed by atoms with Gasteiger partial charge in [0.2, 0.25) is 5.91 Å². The van der Waals surface area contributed by atoms with Crippen molar-refractivity contribution < 1.29 is 9.18 Å². The number of carbonyl (C=O) groups is 1. The Morgan fingerprint density at radius 2 is 1.97 bits per heavy atom. The summed E-state index contributed by atoms with van der Waals surface area (Å²) in [4.78, 5) is 21.1. The van der Waals surface area contributed by atoms with Gasteiger partial charge < -0.3 is 10.6 Å². The predicted molar refractivity (Wildman–Crippen MR) is 118 cm³/mol. The topological polar surface area (TPSA) is 95.6 Å². The summed E-state index contributed by atoms with van der Waals surface area (Å²) in [5, 5.41) is 14.3. The van der Waals surface area contributed by atoms with Crippen molar-refractivity contribution in [3.8, 4) is 0 Å². The van der Waals surface area contributed by atoms with Gasteiger partial charge in [0.25, 0.3) is 0 Å². The number of nitrogens with zero attached hydrogens (tertiary/aromatic N) is 3. The highest BCUT2D eigenvalue weighted by Gasteiger charge is 2.25. The summed E-state index contributed by atoms with van der Waals surface area (Å²) < 4.78 is 14.5. The summed E-state index contributed by atoms with van der Waals surface area (Å²) >= 11 is 1.31. The van der Waals surface area contributed by atoms with Crippen LogP contribution in [0.25, 0.3) is 10.9 Å². The molecule has 3 N–H and O–H groups in total. The van der Waals surface area contributed by atoms with Crippen LogP contribution in [-0.4, -0.2) is 26.1 Å². The maximum Gasteiger partial charge on any atom is 0.221 e. The molecule has 2 heterocycles. The van der Waals surface area contributed by atoms with Gasteiger partial charge in [0.1, 0.15) is 17.2 Å². The van der Waals surface area contributed by atoms with Gasteiger partial charge >= 0.3 is 0 Å². The number of anilines is 3. The van der Waals surface area contributed by atoms with E-state index in [1.54, 1.807) is 24.3 Å². The predicted octanol–water partition coefficient (Wildman–Crippen LogP) is 5.22. The lowest BCUT2D eigenvalue weighted by Gasteiger charge is -2.10. The van der Waals surface area contributed by atoms with Crippen molar-refractivity contribution in [1.82, 2.24) is 20.2 Å². The number of fused-ring (bicyclic) bond motifs is 1. The van der Waals surface area contributed by atoms with Gasteiger partial charge in [0.05, 0.1) is 0 Å². The molecular formula is C22H19FN6OS. The first kappa shape index (κ1) is 19.5. The highest BCUT2D eigenvalue weighted by molar-refractivity contribution is 7.99. The second-order valence-corrected chi connectivity index (χ2v) is 8.45. The molecule has 0 atom stereocenters. The minimum Gasteiger partial charge on any atom is -0.326 e. The van der Waals surface area contributed by atoms with Gasteiger partial charge in [-0.25, -0.2) is 14.4 Å². The number of hydrogen-bond donors (Lipinski definition) is 3. The van der Waals surface area contributed by atoms with Crippen LogP contribution in [0.3, 0.4) is 0 Å². The number of carbonyl (C=O) groups excluding carboxylic acids is 1. The lowest BCUT2D eigenvalue weighted by Crippen LogP contribution is -2.05. The first-order valence-corrected chi connectivity index (χ1v) is 10.7. The number of para-hydroxylation sites is 1. The van der Waals surface area contributed by atoms with Crippen LogP contribution in [0, 0.1) is 5.82 Å². The lowest BCUT2D eigenvalue weighted by atomic mass is 10.2. The van der Waals surface area contributed by atoms with Crippen molar-refractivity contribution in [1.29, 1.82) is 0 Å². The number of aromatic nitrogens is 4. The standard InChI is InChI=1S/C22H19FN6OS/c1-12(30)24-14-7-9-15(10-8-14)31-22-26-20-16(3-2-4-17(20)23)21(27-22)25-19-11-18(28-29-19)13-5-6-13/h2-4,7-11,13H,5-6H2,1H3,(H,24,30)(H2,25,26,27,28,29). The van der Waals surface area contributed by atoms with E-state index in [9.17, 15) is 9.18 Å². The Labute approximate surface area is 181 Å². The van der Waals surface area contributed by atoms with Crippen molar-refractivity contribution >= 4 is 45.9 Å². The maximum absolute atomic E-state index is 14.5. The van der Waals surface area contributed by atoms with Gasteiger partial charge in [-0.05, 0) is 61.0 Å². The molecule has 0 saturated heterocycles. The van der Waals surface area contributed by atoms with Gasteiger partial charge in [-0.3, -0.25) is 9.89 Å². The lowest BCUT2D eigenvalue weighted by molar-refractivity contribution is -0.114. The molecule has 7 nitrogen and oxygen atoms in total. The van der Waals surface area contributed by atoms with E-state index >= 15 is 0 Å². The molecule has 2 aromatic carbocycles. The summed E-state index contributed by atoms with van der Waals surface area (Å²) in [5.74, 6) is 1.14. The fourth-order valence-corrected chi connectivity index (χ4v) is 4.03. The summed E-state index contributed by atoms with van der Waals surface area (Å²) in [6.45, 7) is 1.46. The van der Waals surface area contributed by atoms with Crippen LogP contribution < -0.4 is 10.6 Å². The highest BCUT2D eigenvalue weighted by Crippen LogP contribution is 2.40. The molecule has 0 unspecified atom stereocenters. The van der Waals surface area contributed by atoms with Gasteiger partial charge in [-0.2, -0.15) is 5.10 Å². The summed E-state index contributed by atoms with van der Waals surface area (Å²) in [7, 11) is 0. The normalized spacial score (nSPS) is 13.4. The number of H-pyrrole nitrogens is 1. The molecule has 0 aliphatic heterocycles. The number of hydrogen-bond acceptors (Lipinski definition) is 6.